The minimum absolute atomic E-state index is 0.0935. The van der Waals surface area contributed by atoms with Gasteiger partial charge in [0.25, 0.3) is 0 Å². The lowest BCUT2D eigenvalue weighted by Gasteiger charge is -2.11. The van der Waals surface area contributed by atoms with Crippen molar-refractivity contribution < 1.29 is 14.5 Å². The molecule has 0 bridgehead atoms. The van der Waals surface area contributed by atoms with Gasteiger partial charge in [0.2, 0.25) is 5.91 Å². The molecule has 3 aromatic rings. The second kappa shape index (κ2) is 8.22. The molecule has 0 spiro atoms. The molecule has 1 aromatic heterocycles. The maximum Gasteiger partial charge on any atom is 0.311 e. The minimum atomic E-state index is -0.518. The number of methoxy groups -OCH3 is 1. The lowest BCUT2D eigenvalue weighted by atomic mass is 10.1. The quantitative estimate of drug-likeness (QED) is 0.290. The molecule has 0 saturated carbocycles. The van der Waals surface area contributed by atoms with Crippen LogP contribution in [-0.4, -0.2) is 33.7 Å². The van der Waals surface area contributed by atoms with E-state index in [0.717, 1.165) is 15.9 Å². The molecule has 3 rings (SSSR count). The molecule has 0 aliphatic carbocycles. The Bertz CT molecular complexity index is 1070. The summed E-state index contributed by atoms with van der Waals surface area (Å²) in [6, 6.07) is 10.5. The lowest BCUT2D eigenvalue weighted by molar-refractivity contribution is -0.385. The number of rotatable bonds is 6. The smallest absolute Gasteiger partial charge is 0.311 e. The van der Waals surface area contributed by atoms with Gasteiger partial charge in [0.05, 0.1) is 23.3 Å². The molecule has 0 fully saturated rings. The van der Waals surface area contributed by atoms with Crippen molar-refractivity contribution in [1.29, 1.82) is 0 Å². The Balaban J connectivity index is 1.76. The third-order valence-corrected chi connectivity index (χ3v) is 5.01. The summed E-state index contributed by atoms with van der Waals surface area (Å²) in [7, 11) is 1.35. The fourth-order valence-corrected chi connectivity index (χ4v) is 3.57. The monoisotopic (exact) mass is 398 g/mol. The summed E-state index contributed by atoms with van der Waals surface area (Å²) in [5.41, 5.74) is 1.73. The van der Waals surface area contributed by atoms with Gasteiger partial charge in [-0.15, -0.1) is 0 Å². The number of benzene rings is 2. The third-order valence-electron chi connectivity index (χ3n) is 4.02. The van der Waals surface area contributed by atoms with Gasteiger partial charge in [-0.05, 0) is 25.5 Å². The van der Waals surface area contributed by atoms with Crippen molar-refractivity contribution >= 4 is 39.9 Å². The predicted octanol–water partition coefficient (Wildman–Crippen LogP) is 3.89. The van der Waals surface area contributed by atoms with E-state index < -0.39 is 4.92 Å². The number of thioether (sulfide) groups is 1. The number of nitrogens with zero attached hydrogens (tertiary/aromatic N) is 3. The molecule has 8 nitrogen and oxygen atoms in total. The van der Waals surface area contributed by atoms with E-state index in [4.69, 9.17) is 4.74 Å². The van der Waals surface area contributed by atoms with Gasteiger partial charge in [-0.1, -0.05) is 30.0 Å². The first-order valence-electron chi connectivity index (χ1n) is 8.38. The van der Waals surface area contributed by atoms with E-state index >= 15 is 0 Å². The zero-order chi connectivity index (χ0) is 20.3. The van der Waals surface area contributed by atoms with E-state index in [1.807, 2.05) is 31.2 Å². The van der Waals surface area contributed by atoms with E-state index in [1.54, 1.807) is 6.92 Å². The number of carbonyl (C=O) groups excluding carboxylic acids is 1. The number of nitro groups is 1. The molecule has 0 radical (unpaired) electrons. The summed E-state index contributed by atoms with van der Waals surface area (Å²) < 4.78 is 5.06. The van der Waals surface area contributed by atoms with Crippen LogP contribution in [0, 0.1) is 24.0 Å². The Labute approximate surface area is 165 Å². The van der Waals surface area contributed by atoms with Gasteiger partial charge in [0.1, 0.15) is 10.9 Å². The van der Waals surface area contributed by atoms with Crippen molar-refractivity contribution in [2.45, 2.75) is 18.9 Å². The molecular formula is C19H18N4O4S. The van der Waals surface area contributed by atoms with Crippen LogP contribution in [0.1, 0.15) is 11.4 Å². The largest absolute Gasteiger partial charge is 0.490 e. The van der Waals surface area contributed by atoms with E-state index in [2.05, 4.69) is 15.3 Å². The maximum atomic E-state index is 12.4. The molecule has 0 aliphatic rings. The van der Waals surface area contributed by atoms with Crippen LogP contribution in [-0.2, 0) is 4.79 Å². The number of nitrogens with one attached hydrogen (secondary N) is 1. The highest BCUT2D eigenvalue weighted by Crippen LogP contribution is 2.33. The first-order valence-corrected chi connectivity index (χ1v) is 9.36. The molecule has 0 atom stereocenters. The van der Waals surface area contributed by atoms with Crippen LogP contribution in [0.2, 0.25) is 0 Å². The average Bonchev–Trinajstić information content (AvgIpc) is 2.67. The zero-order valence-corrected chi connectivity index (χ0v) is 16.4. The van der Waals surface area contributed by atoms with Crippen LogP contribution in [0.4, 0.5) is 11.4 Å². The normalized spacial score (nSPS) is 10.7. The Morgan fingerprint density at radius 1 is 1.25 bits per heavy atom. The average molecular weight is 398 g/mol. The second-order valence-corrected chi connectivity index (χ2v) is 6.99. The highest BCUT2D eigenvalue weighted by Gasteiger charge is 2.18. The van der Waals surface area contributed by atoms with Crippen molar-refractivity contribution in [3.63, 3.8) is 0 Å². The Morgan fingerprint density at radius 2 is 2.00 bits per heavy atom. The number of anilines is 1. The minimum Gasteiger partial charge on any atom is -0.490 e. The highest BCUT2D eigenvalue weighted by molar-refractivity contribution is 8.00. The second-order valence-electron chi connectivity index (χ2n) is 6.03. The van der Waals surface area contributed by atoms with Gasteiger partial charge in [0.15, 0.2) is 5.75 Å². The van der Waals surface area contributed by atoms with Crippen LogP contribution >= 0.6 is 11.8 Å². The Hall–Kier alpha value is -3.20. The molecule has 2 aromatic carbocycles. The first-order chi connectivity index (χ1) is 13.4. The van der Waals surface area contributed by atoms with Crippen LogP contribution in [0.5, 0.6) is 5.75 Å². The molecule has 0 unspecified atom stereocenters. The molecular weight excluding hydrogens is 380 g/mol. The molecule has 144 valence electrons. The standard InChI is InChI=1S/C19H18N4O4S/c1-11-8-16(23(25)26)17(27-3)9-15(11)22-18(24)10-28-19-13-6-4-5-7-14(13)20-12(2)21-19/h4-9H,10H2,1-3H3,(H,22,24). The summed E-state index contributed by atoms with van der Waals surface area (Å²) in [5.74, 6) is 0.622. The molecule has 1 amide bonds. The Morgan fingerprint density at radius 3 is 2.71 bits per heavy atom. The SMILES string of the molecule is COc1cc(NC(=O)CSc2nc(C)nc3ccccc23)c(C)cc1[N+](=O)[O-]. The number of aromatic nitrogens is 2. The number of fused-ring (bicyclic) bond motifs is 1. The van der Waals surface area contributed by atoms with E-state index in [1.165, 1.54) is 31.0 Å². The molecule has 0 saturated heterocycles. The molecule has 28 heavy (non-hydrogen) atoms. The molecule has 0 aliphatic heterocycles. The molecule has 1 N–H and O–H groups in total. The number of amides is 1. The van der Waals surface area contributed by atoms with Gasteiger partial charge in [-0.25, -0.2) is 9.97 Å². The number of nitro benzene ring substituents is 1. The predicted molar refractivity (Wildman–Crippen MR) is 108 cm³/mol. The van der Waals surface area contributed by atoms with Crippen molar-refractivity contribution in [3.05, 3.63) is 57.9 Å². The van der Waals surface area contributed by atoms with Crippen LogP contribution in [0.15, 0.2) is 41.4 Å². The first kappa shape index (κ1) is 19.6. The fourth-order valence-electron chi connectivity index (χ4n) is 2.70. The van der Waals surface area contributed by atoms with E-state index in [9.17, 15) is 14.9 Å². The summed E-state index contributed by atoms with van der Waals surface area (Å²) in [6.07, 6.45) is 0. The number of hydrogen-bond donors (Lipinski definition) is 1. The van der Waals surface area contributed by atoms with Crippen molar-refractivity contribution in [1.82, 2.24) is 9.97 Å². The fraction of sp³-hybridized carbons (Fsp3) is 0.211. The number of aryl methyl sites for hydroxylation is 2. The summed E-state index contributed by atoms with van der Waals surface area (Å²) in [4.78, 5) is 31.8. The summed E-state index contributed by atoms with van der Waals surface area (Å²) >= 11 is 1.31. The van der Waals surface area contributed by atoms with Crippen LogP contribution in [0.25, 0.3) is 10.9 Å². The van der Waals surface area contributed by atoms with Crippen molar-refractivity contribution in [2.24, 2.45) is 0 Å². The van der Waals surface area contributed by atoms with Crippen molar-refractivity contribution in [3.8, 4) is 5.75 Å². The Kier molecular flexibility index (Phi) is 5.74. The summed E-state index contributed by atoms with van der Waals surface area (Å²) in [6.45, 7) is 3.50. The highest BCUT2D eigenvalue weighted by atomic mass is 32.2. The van der Waals surface area contributed by atoms with Gasteiger partial charge in [-0.3, -0.25) is 14.9 Å². The van der Waals surface area contributed by atoms with Crippen LogP contribution < -0.4 is 10.1 Å². The number of para-hydroxylation sites is 1. The topological polar surface area (TPSA) is 107 Å². The van der Waals surface area contributed by atoms with E-state index in [0.29, 0.717) is 17.1 Å². The van der Waals surface area contributed by atoms with Gasteiger partial charge < -0.3 is 10.1 Å². The van der Waals surface area contributed by atoms with E-state index in [-0.39, 0.29) is 23.1 Å². The lowest BCUT2D eigenvalue weighted by Crippen LogP contribution is -2.15. The maximum absolute atomic E-state index is 12.4. The zero-order valence-electron chi connectivity index (χ0n) is 15.6. The number of hydrogen-bond acceptors (Lipinski definition) is 7. The number of ether oxygens (including phenoxy) is 1. The molecule has 9 heteroatoms. The van der Waals surface area contributed by atoms with Crippen LogP contribution in [0.3, 0.4) is 0 Å². The molecule has 1 heterocycles. The summed E-state index contributed by atoms with van der Waals surface area (Å²) in [5, 5.41) is 15.5. The van der Waals surface area contributed by atoms with Crippen molar-refractivity contribution in [2.75, 3.05) is 18.2 Å². The van der Waals surface area contributed by atoms with Gasteiger partial charge in [0, 0.05) is 23.2 Å². The van der Waals surface area contributed by atoms with Gasteiger partial charge in [-0.2, -0.15) is 0 Å². The van der Waals surface area contributed by atoms with Gasteiger partial charge >= 0.3 is 5.69 Å². The number of carbonyl (C=O) groups is 1. The third kappa shape index (κ3) is 4.20.